The summed E-state index contributed by atoms with van der Waals surface area (Å²) < 4.78 is 11.8. The molecule has 4 nitrogen and oxygen atoms in total. The van der Waals surface area contributed by atoms with Gasteiger partial charge in [0.15, 0.2) is 17.3 Å². The number of ketones is 1. The van der Waals surface area contributed by atoms with E-state index >= 15 is 0 Å². The van der Waals surface area contributed by atoms with Crippen molar-refractivity contribution in [1.82, 2.24) is 0 Å². The van der Waals surface area contributed by atoms with Gasteiger partial charge in [0.2, 0.25) is 0 Å². The lowest BCUT2D eigenvalue weighted by Gasteiger charge is -2.19. The molecule has 1 aromatic carbocycles. The lowest BCUT2D eigenvalue weighted by Crippen LogP contribution is -2.16. The fourth-order valence-electron chi connectivity index (χ4n) is 2.11. The Morgan fingerprint density at radius 3 is 2.67 bits per heavy atom. The first-order valence-electron chi connectivity index (χ1n) is 6.28. The van der Waals surface area contributed by atoms with E-state index in [4.69, 9.17) is 9.47 Å². The van der Waals surface area contributed by atoms with Crippen LogP contribution in [0.5, 0.6) is 11.5 Å². The van der Waals surface area contributed by atoms with Crippen molar-refractivity contribution in [2.45, 2.75) is 5.92 Å². The average Bonchev–Trinajstić information content (AvgIpc) is 2.94. The Kier molecular flexibility index (Phi) is 3.95. The van der Waals surface area contributed by atoms with Crippen LogP contribution in [0.15, 0.2) is 34.1 Å². The molecule has 0 N–H and O–H groups in total. The van der Waals surface area contributed by atoms with Crippen LogP contribution in [0.25, 0.3) is 0 Å². The molecule has 0 radical (unpaired) electrons. The van der Waals surface area contributed by atoms with Gasteiger partial charge in [0.1, 0.15) is 19.1 Å². The molecule has 106 valence electrons. The van der Waals surface area contributed by atoms with E-state index in [9.17, 15) is 10.1 Å². The van der Waals surface area contributed by atoms with E-state index in [0.717, 1.165) is 3.79 Å². The number of ether oxygens (including phenoxy) is 2. The summed E-state index contributed by atoms with van der Waals surface area (Å²) >= 11 is 4.65. The molecule has 0 saturated heterocycles. The Balaban J connectivity index is 1.93. The van der Waals surface area contributed by atoms with Crippen molar-refractivity contribution in [3.63, 3.8) is 0 Å². The maximum absolute atomic E-state index is 12.5. The van der Waals surface area contributed by atoms with Crippen molar-refractivity contribution in [2.75, 3.05) is 13.2 Å². The van der Waals surface area contributed by atoms with Crippen LogP contribution in [0.4, 0.5) is 0 Å². The lowest BCUT2D eigenvalue weighted by molar-refractivity contribution is 0.0982. The summed E-state index contributed by atoms with van der Waals surface area (Å²) in [5, 5.41) is 9.37. The molecule has 1 unspecified atom stereocenters. The Morgan fingerprint density at radius 2 is 2.00 bits per heavy atom. The number of carbonyl (C=O) groups is 1. The summed E-state index contributed by atoms with van der Waals surface area (Å²) in [4.78, 5) is 13.0. The van der Waals surface area contributed by atoms with Crippen LogP contribution >= 0.6 is 27.3 Å². The Bertz CT molecular complexity index is 735. The van der Waals surface area contributed by atoms with Gasteiger partial charge in [-0.3, -0.25) is 4.79 Å². The quantitative estimate of drug-likeness (QED) is 0.778. The molecule has 1 aromatic heterocycles. The van der Waals surface area contributed by atoms with E-state index in [0.29, 0.717) is 35.2 Å². The number of thiophene rings is 1. The number of hydrogen-bond acceptors (Lipinski definition) is 5. The van der Waals surface area contributed by atoms with Gasteiger partial charge in [0.25, 0.3) is 0 Å². The zero-order valence-electron chi connectivity index (χ0n) is 10.8. The third-order valence-corrected chi connectivity index (χ3v) is 4.75. The number of nitriles is 1. The van der Waals surface area contributed by atoms with Crippen LogP contribution in [0.2, 0.25) is 0 Å². The molecule has 0 fully saturated rings. The van der Waals surface area contributed by atoms with Crippen LogP contribution in [-0.4, -0.2) is 19.0 Å². The van der Waals surface area contributed by atoms with Gasteiger partial charge in [-0.2, -0.15) is 5.26 Å². The highest BCUT2D eigenvalue weighted by atomic mass is 79.9. The van der Waals surface area contributed by atoms with Gasteiger partial charge in [-0.1, -0.05) is 6.07 Å². The molecule has 2 aromatic rings. The second-order valence-electron chi connectivity index (χ2n) is 4.43. The molecule has 1 aliphatic heterocycles. The largest absolute Gasteiger partial charge is 0.486 e. The number of nitrogens with zero attached hydrogens (tertiary/aromatic N) is 1. The molecule has 0 aliphatic carbocycles. The first-order valence-corrected chi connectivity index (χ1v) is 7.88. The minimum Gasteiger partial charge on any atom is -0.486 e. The smallest absolute Gasteiger partial charge is 0.194 e. The fourth-order valence-corrected chi connectivity index (χ4v) is 3.47. The van der Waals surface area contributed by atoms with E-state index in [1.165, 1.54) is 11.3 Å². The molecule has 3 rings (SSSR count). The average molecular weight is 364 g/mol. The SMILES string of the molecule is N#CC(C(=O)c1ccc(Br)s1)c1ccc2c(c1)OCCO2. The van der Waals surface area contributed by atoms with Gasteiger partial charge in [-0.25, -0.2) is 0 Å². The van der Waals surface area contributed by atoms with Crippen LogP contribution in [0.3, 0.4) is 0 Å². The van der Waals surface area contributed by atoms with Crippen LogP contribution in [0.1, 0.15) is 21.2 Å². The summed E-state index contributed by atoms with van der Waals surface area (Å²) in [7, 11) is 0. The highest BCUT2D eigenvalue weighted by Crippen LogP contribution is 2.35. The van der Waals surface area contributed by atoms with Crippen molar-refractivity contribution in [3.8, 4) is 17.6 Å². The molecule has 1 aliphatic rings. The minimum atomic E-state index is -0.841. The number of carbonyl (C=O) groups excluding carboxylic acids is 1. The topological polar surface area (TPSA) is 59.3 Å². The Labute approximate surface area is 134 Å². The van der Waals surface area contributed by atoms with Crippen molar-refractivity contribution in [3.05, 3.63) is 44.6 Å². The normalized spacial score (nSPS) is 14.3. The van der Waals surface area contributed by atoms with Gasteiger partial charge in [0, 0.05) is 0 Å². The molecule has 6 heteroatoms. The molecule has 0 bridgehead atoms. The van der Waals surface area contributed by atoms with E-state index in [1.807, 2.05) is 0 Å². The predicted octanol–water partition coefficient (Wildman–Crippen LogP) is 3.77. The van der Waals surface area contributed by atoms with Crippen molar-refractivity contribution in [1.29, 1.82) is 5.26 Å². The second-order valence-corrected chi connectivity index (χ2v) is 6.90. The summed E-state index contributed by atoms with van der Waals surface area (Å²) in [6.45, 7) is 0.982. The number of fused-ring (bicyclic) bond motifs is 1. The second kappa shape index (κ2) is 5.88. The summed E-state index contributed by atoms with van der Waals surface area (Å²) in [5.74, 6) is 0.184. The molecule has 21 heavy (non-hydrogen) atoms. The van der Waals surface area contributed by atoms with E-state index < -0.39 is 5.92 Å². The van der Waals surface area contributed by atoms with Crippen molar-refractivity contribution < 1.29 is 14.3 Å². The number of Topliss-reactive ketones (excluding diaryl/α,β-unsaturated/α-hetero) is 1. The van der Waals surface area contributed by atoms with E-state index in [2.05, 4.69) is 22.0 Å². The molecule has 2 heterocycles. The van der Waals surface area contributed by atoms with Gasteiger partial charge < -0.3 is 9.47 Å². The lowest BCUT2D eigenvalue weighted by atomic mass is 9.95. The fraction of sp³-hybridized carbons (Fsp3) is 0.200. The zero-order valence-corrected chi connectivity index (χ0v) is 13.2. The van der Waals surface area contributed by atoms with Crippen LogP contribution in [-0.2, 0) is 0 Å². The van der Waals surface area contributed by atoms with Crippen LogP contribution < -0.4 is 9.47 Å². The van der Waals surface area contributed by atoms with Crippen LogP contribution in [0, 0.1) is 11.3 Å². The maximum Gasteiger partial charge on any atom is 0.194 e. The standard InChI is InChI=1S/C15H10BrNO3S/c16-14-4-3-13(21-14)15(18)10(8-17)9-1-2-11-12(7-9)20-6-5-19-11/h1-4,7,10H,5-6H2. The molecular formula is C15H10BrNO3S. The predicted molar refractivity (Wildman–Crippen MR) is 82.1 cm³/mol. The summed E-state index contributed by atoms with van der Waals surface area (Å²) in [5.41, 5.74) is 0.622. The van der Waals surface area contributed by atoms with Gasteiger partial charge in [0.05, 0.1) is 14.7 Å². The molecule has 0 spiro atoms. The summed E-state index contributed by atoms with van der Waals surface area (Å²) in [6, 6.07) is 10.8. The first-order chi connectivity index (χ1) is 10.2. The van der Waals surface area contributed by atoms with Crippen molar-refractivity contribution >= 4 is 33.0 Å². The molecular weight excluding hydrogens is 354 g/mol. The maximum atomic E-state index is 12.5. The monoisotopic (exact) mass is 363 g/mol. The number of benzene rings is 1. The first kappa shape index (κ1) is 14.1. The van der Waals surface area contributed by atoms with Crippen molar-refractivity contribution in [2.24, 2.45) is 0 Å². The molecule has 0 amide bonds. The highest BCUT2D eigenvalue weighted by molar-refractivity contribution is 9.11. The van der Waals surface area contributed by atoms with Gasteiger partial charge in [-0.05, 0) is 45.8 Å². The Hall–Kier alpha value is -1.84. The van der Waals surface area contributed by atoms with Gasteiger partial charge in [-0.15, -0.1) is 11.3 Å². The number of halogens is 1. The number of rotatable bonds is 3. The van der Waals surface area contributed by atoms with Gasteiger partial charge >= 0.3 is 0 Å². The summed E-state index contributed by atoms with van der Waals surface area (Å²) in [6.07, 6.45) is 0. The zero-order chi connectivity index (χ0) is 14.8. The van der Waals surface area contributed by atoms with E-state index in [-0.39, 0.29) is 5.78 Å². The van der Waals surface area contributed by atoms with E-state index in [1.54, 1.807) is 30.3 Å². The molecule has 1 atom stereocenters. The Morgan fingerprint density at radius 1 is 1.24 bits per heavy atom. The highest BCUT2D eigenvalue weighted by Gasteiger charge is 2.25. The molecule has 0 saturated carbocycles. The number of hydrogen-bond donors (Lipinski definition) is 0. The minimum absolute atomic E-state index is 0.204. The third kappa shape index (κ3) is 2.80. The third-order valence-electron chi connectivity index (χ3n) is 3.11.